The second-order valence-corrected chi connectivity index (χ2v) is 10.6. The van der Waals surface area contributed by atoms with Crippen molar-refractivity contribution in [3.05, 3.63) is 64.2 Å². The zero-order valence-electron chi connectivity index (χ0n) is 22.6. The van der Waals surface area contributed by atoms with Gasteiger partial charge in [0.15, 0.2) is 0 Å². The Morgan fingerprint density at radius 3 is 2.44 bits per heavy atom. The third kappa shape index (κ3) is 6.70. The van der Waals surface area contributed by atoms with E-state index in [1.165, 1.54) is 4.90 Å². The number of nitrogens with zero attached hydrogens (tertiary/aromatic N) is 4. The fourth-order valence-electron chi connectivity index (χ4n) is 4.74. The predicted octanol–water partition coefficient (Wildman–Crippen LogP) is 2.55. The Bertz CT molecular complexity index is 1340. The number of aryl methyl sites for hydroxylation is 2. The number of tetrazole rings is 1. The number of hydrogen-bond donors (Lipinski definition) is 4. The highest BCUT2D eigenvalue weighted by Crippen LogP contribution is 2.27. The van der Waals surface area contributed by atoms with Crippen LogP contribution in [0.25, 0.3) is 0 Å². The zero-order chi connectivity index (χ0) is 28.3. The number of alkyl carbamates (subject to hydrolysis) is 1. The highest BCUT2D eigenvalue weighted by molar-refractivity contribution is 5.98. The van der Waals surface area contributed by atoms with Gasteiger partial charge in [-0.25, -0.2) is 4.79 Å². The number of phenolic OH excluding ortho intramolecular Hbond substituents is 1. The Labute approximate surface area is 226 Å². The van der Waals surface area contributed by atoms with E-state index in [0.717, 1.165) is 27.8 Å². The molecule has 0 unspecified atom stereocenters. The number of H-pyrrole nitrogens is 1. The van der Waals surface area contributed by atoms with Gasteiger partial charge >= 0.3 is 6.09 Å². The van der Waals surface area contributed by atoms with Crippen molar-refractivity contribution in [1.82, 2.24) is 30.8 Å². The first kappa shape index (κ1) is 27.6. The summed E-state index contributed by atoms with van der Waals surface area (Å²) < 4.78 is 5.46. The predicted molar refractivity (Wildman–Crippen MR) is 142 cm³/mol. The van der Waals surface area contributed by atoms with Crippen molar-refractivity contribution in [2.75, 3.05) is 5.32 Å². The lowest BCUT2D eigenvalue weighted by Gasteiger charge is -2.38. The second kappa shape index (κ2) is 11.1. The quantitative estimate of drug-likeness (QED) is 0.374. The summed E-state index contributed by atoms with van der Waals surface area (Å²) in [6, 6.07) is 8.86. The van der Waals surface area contributed by atoms with Crippen LogP contribution in [-0.4, -0.2) is 66.2 Å². The highest BCUT2D eigenvalue weighted by Gasteiger charge is 2.39. The summed E-state index contributed by atoms with van der Waals surface area (Å²) >= 11 is 0. The Kier molecular flexibility index (Phi) is 7.84. The molecule has 0 aliphatic carbocycles. The minimum atomic E-state index is -1.05. The van der Waals surface area contributed by atoms with Crippen molar-refractivity contribution in [1.29, 1.82) is 0 Å². The zero-order valence-corrected chi connectivity index (χ0v) is 22.6. The highest BCUT2D eigenvalue weighted by atomic mass is 16.6. The molecular weight excluding hydrogens is 502 g/mol. The van der Waals surface area contributed by atoms with E-state index in [1.807, 2.05) is 38.1 Å². The summed E-state index contributed by atoms with van der Waals surface area (Å²) in [6.45, 7) is 9.02. The smallest absolute Gasteiger partial charge is 0.408 e. The third-order valence-electron chi connectivity index (χ3n) is 6.49. The number of amides is 3. The minimum Gasteiger partial charge on any atom is -0.508 e. The van der Waals surface area contributed by atoms with Crippen molar-refractivity contribution in [3.63, 3.8) is 0 Å². The van der Waals surface area contributed by atoms with E-state index < -0.39 is 35.6 Å². The van der Waals surface area contributed by atoms with Crippen molar-refractivity contribution in [2.45, 2.75) is 71.7 Å². The number of aromatic nitrogens is 4. The molecule has 0 bridgehead atoms. The Hall–Kier alpha value is -4.48. The van der Waals surface area contributed by atoms with Crippen molar-refractivity contribution >= 4 is 23.9 Å². The lowest BCUT2D eigenvalue weighted by molar-refractivity contribution is -0.141. The van der Waals surface area contributed by atoms with E-state index >= 15 is 0 Å². The van der Waals surface area contributed by atoms with Crippen LogP contribution in [0.1, 0.15) is 48.6 Å². The molecule has 39 heavy (non-hydrogen) atoms. The molecule has 0 saturated carbocycles. The largest absolute Gasteiger partial charge is 0.508 e. The Morgan fingerprint density at radius 1 is 1.15 bits per heavy atom. The van der Waals surface area contributed by atoms with E-state index in [9.17, 15) is 19.5 Å². The molecular formula is C27H33N7O5. The summed E-state index contributed by atoms with van der Waals surface area (Å²) in [5.41, 5.74) is 3.41. The number of anilines is 1. The minimum absolute atomic E-state index is 0.00923. The van der Waals surface area contributed by atoms with Crippen LogP contribution in [-0.2, 0) is 33.7 Å². The molecule has 4 rings (SSSR count). The molecule has 2 heterocycles. The van der Waals surface area contributed by atoms with Gasteiger partial charge in [-0.2, -0.15) is 5.21 Å². The van der Waals surface area contributed by atoms with Gasteiger partial charge in [-0.15, -0.1) is 5.10 Å². The first-order valence-corrected chi connectivity index (χ1v) is 12.6. The maximum absolute atomic E-state index is 14.2. The van der Waals surface area contributed by atoms with Gasteiger partial charge in [0.25, 0.3) is 5.95 Å². The standard InChI is InChI=1S/C27H33N7O5/c1-15-10-19(35)11-16(2)20(15)13-21(28-26(38)39-27(3,4)5)24(37)34-14-18-9-7-6-8-17(18)12-22(34)23(36)29-25-30-32-33-31-25/h6-11,21-22,35H,12-14H2,1-5H3,(H,28,38)(H2,29,30,31,32,33,36)/t21-,22-/m0/s1. The van der Waals surface area contributed by atoms with E-state index in [-0.39, 0.29) is 31.1 Å². The van der Waals surface area contributed by atoms with E-state index in [0.29, 0.717) is 0 Å². The molecule has 2 aromatic carbocycles. The third-order valence-corrected chi connectivity index (χ3v) is 6.49. The molecule has 206 valence electrons. The van der Waals surface area contributed by atoms with Crippen LogP contribution in [0.2, 0.25) is 0 Å². The normalized spacial score (nSPS) is 15.7. The van der Waals surface area contributed by atoms with Gasteiger partial charge in [0.05, 0.1) is 0 Å². The number of aromatic hydroxyl groups is 1. The maximum atomic E-state index is 14.2. The molecule has 12 nitrogen and oxygen atoms in total. The number of rotatable bonds is 6. The number of fused-ring (bicyclic) bond motifs is 1. The van der Waals surface area contributed by atoms with Crippen LogP contribution >= 0.6 is 0 Å². The molecule has 0 fully saturated rings. The molecule has 1 aliphatic heterocycles. The lowest BCUT2D eigenvalue weighted by Crippen LogP contribution is -2.57. The van der Waals surface area contributed by atoms with Gasteiger partial charge < -0.3 is 20.1 Å². The maximum Gasteiger partial charge on any atom is 0.408 e. The van der Waals surface area contributed by atoms with Crippen LogP contribution in [0, 0.1) is 13.8 Å². The number of aromatic amines is 1. The molecule has 4 N–H and O–H groups in total. The van der Waals surface area contributed by atoms with E-state index in [4.69, 9.17) is 4.74 Å². The number of carbonyl (C=O) groups excluding carboxylic acids is 3. The van der Waals surface area contributed by atoms with Gasteiger partial charge in [-0.1, -0.05) is 29.4 Å². The summed E-state index contributed by atoms with van der Waals surface area (Å²) in [5.74, 6) is -0.824. The molecule has 12 heteroatoms. The number of hydrogen-bond acceptors (Lipinski definition) is 8. The van der Waals surface area contributed by atoms with Crippen molar-refractivity contribution in [3.8, 4) is 5.75 Å². The summed E-state index contributed by atoms with van der Waals surface area (Å²) in [5, 5.41) is 28.6. The van der Waals surface area contributed by atoms with Crippen LogP contribution in [0.4, 0.5) is 10.7 Å². The van der Waals surface area contributed by atoms with Gasteiger partial charge in [0.2, 0.25) is 11.8 Å². The average Bonchev–Trinajstić information content (AvgIpc) is 3.36. The molecule has 1 aromatic heterocycles. The van der Waals surface area contributed by atoms with Crippen molar-refractivity contribution in [2.24, 2.45) is 0 Å². The fraction of sp³-hybridized carbons (Fsp3) is 0.407. The fourth-order valence-corrected chi connectivity index (χ4v) is 4.74. The number of nitrogens with one attached hydrogen (secondary N) is 3. The number of ether oxygens (including phenoxy) is 1. The molecule has 0 saturated heterocycles. The van der Waals surface area contributed by atoms with Crippen LogP contribution in [0.15, 0.2) is 36.4 Å². The number of carbonyl (C=O) groups is 3. The SMILES string of the molecule is Cc1cc(O)cc(C)c1C[C@H](NC(=O)OC(C)(C)C)C(=O)N1Cc2ccccc2C[C@H]1C(=O)Nc1nn[nH]n1. The summed E-state index contributed by atoms with van der Waals surface area (Å²) in [6.07, 6.45) is -0.352. The monoisotopic (exact) mass is 535 g/mol. The second-order valence-electron chi connectivity index (χ2n) is 10.6. The molecule has 0 radical (unpaired) electrons. The van der Waals surface area contributed by atoms with Crippen LogP contribution in [0.3, 0.4) is 0 Å². The van der Waals surface area contributed by atoms with Crippen LogP contribution < -0.4 is 10.6 Å². The van der Waals surface area contributed by atoms with Gasteiger partial charge in [0.1, 0.15) is 23.4 Å². The molecule has 3 aromatic rings. The summed E-state index contributed by atoms with van der Waals surface area (Å²) in [7, 11) is 0. The van der Waals surface area contributed by atoms with E-state index in [2.05, 4.69) is 31.3 Å². The van der Waals surface area contributed by atoms with Gasteiger partial charge in [0, 0.05) is 19.4 Å². The molecule has 2 atom stereocenters. The average molecular weight is 536 g/mol. The lowest BCUT2D eigenvalue weighted by atomic mass is 9.91. The Balaban J connectivity index is 1.69. The van der Waals surface area contributed by atoms with Gasteiger partial charge in [-0.05, 0) is 79.8 Å². The number of benzene rings is 2. The molecule has 0 spiro atoms. The molecule has 1 aliphatic rings. The van der Waals surface area contributed by atoms with Crippen LogP contribution in [0.5, 0.6) is 5.75 Å². The first-order chi connectivity index (χ1) is 18.4. The van der Waals surface area contributed by atoms with E-state index in [1.54, 1.807) is 32.9 Å². The Morgan fingerprint density at radius 2 is 1.82 bits per heavy atom. The first-order valence-electron chi connectivity index (χ1n) is 12.6. The van der Waals surface area contributed by atoms with Crippen molar-refractivity contribution < 1.29 is 24.2 Å². The summed E-state index contributed by atoms with van der Waals surface area (Å²) in [4.78, 5) is 41.9. The molecule has 3 amide bonds. The van der Waals surface area contributed by atoms with Gasteiger partial charge in [-0.3, -0.25) is 14.9 Å². The topological polar surface area (TPSA) is 162 Å². The number of phenols is 1.